The van der Waals surface area contributed by atoms with E-state index in [-0.39, 0.29) is 0 Å². The third-order valence-corrected chi connectivity index (χ3v) is 3.32. The van der Waals surface area contributed by atoms with Gasteiger partial charge in [-0.2, -0.15) is 0 Å². The van der Waals surface area contributed by atoms with Crippen molar-refractivity contribution in [3.05, 3.63) is 35.0 Å². The van der Waals surface area contributed by atoms with Gasteiger partial charge < -0.3 is 5.32 Å². The monoisotopic (exact) mass is 278 g/mol. The molecule has 0 spiro atoms. The van der Waals surface area contributed by atoms with Gasteiger partial charge in [0.15, 0.2) is 0 Å². The van der Waals surface area contributed by atoms with Gasteiger partial charge in [-0.3, -0.25) is 0 Å². The first-order chi connectivity index (χ1) is 9.26. The normalized spacial score (nSPS) is 10.9. The number of hydrogen-bond donors (Lipinski definition) is 1. The highest BCUT2D eigenvalue weighted by atomic mass is 35.5. The van der Waals surface area contributed by atoms with Crippen LogP contribution in [-0.4, -0.2) is 21.5 Å². The second-order valence-electron chi connectivity index (χ2n) is 4.43. The molecule has 0 saturated carbocycles. The molecule has 2 aromatic rings. The summed E-state index contributed by atoms with van der Waals surface area (Å²) < 4.78 is 1.91. The molecule has 5 heteroatoms. The molecule has 0 saturated heterocycles. The topological polar surface area (TPSA) is 42.7 Å². The van der Waals surface area contributed by atoms with Gasteiger partial charge in [0.2, 0.25) is 0 Å². The highest BCUT2D eigenvalue weighted by Gasteiger charge is 2.08. The summed E-state index contributed by atoms with van der Waals surface area (Å²) in [5.74, 6) is 0. The van der Waals surface area contributed by atoms with Crippen LogP contribution < -0.4 is 5.32 Å². The standard InChI is InChI=1S/C14H19ClN4/c1-3-7-19-14(10-17-18-19)11-5-6-12(9-16-4-2)13(15)8-11/h5-6,8,10,16H,3-4,7,9H2,1-2H3. The zero-order chi connectivity index (χ0) is 13.7. The van der Waals surface area contributed by atoms with Gasteiger partial charge >= 0.3 is 0 Å². The van der Waals surface area contributed by atoms with Crippen LogP contribution in [0.3, 0.4) is 0 Å². The number of hydrogen-bond acceptors (Lipinski definition) is 3. The molecule has 102 valence electrons. The van der Waals surface area contributed by atoms with Crippen molar-refractivity contribution in [2.75, 3.05) is 6.54 Å². The molecule has 0 aliphatic carbocycles. The molecule has 2 rings (SSSR count). The van der Waals surface area contributed by atoms with Crippen LogP contribution in [0.5, 0.6) is 0 Å². The molecule has 1 heterocycles. The van der Waals surface area contributed by atoms with E-state index in [1.54, 1.807) is 6.20 Å². The summed E-state index contributed by atoms with van der Waals surface area (Å²) in [7, 11) is 0. The Hall–Kier alpha value is -1.39. The minimum Gasteiger partial charge on any atom is -0.313 e. The molecule has 1 aromatic carbocycles. The van der Waals surface area contributed by atoms with E-state index in [9.17, 15) is 0 Å². The molecule has 19 heavy (non-hydrogen) atoms. The average molecular weight is 279 g/mol. The number of aryl methyl sites for hydroxylation is 1. The number of benzene rings is 1. The van der Waals surface area contributed by atoms with Gasteiger partial charge in [0, 0.05) is 23.7 Å². The maximum atomic E-state index is 6.32. The minimum absolute atomic E-state index is 0.780. The first kappa shape index (κ1) is 14.0. The molecule has 0 amide bonds. The first-order valence-corrected chi connectivity index (χ1v) is 7.02. The van der Waals surface area contributed by atoms with Crippen LogP contribution >= 0.6 is 11.6 Å². The third-order valence-electron chi connectivity index (χ3n) is 2.97. The maximum Gasteiger partial charge on any atom is 0.0886 e. The van der Waals surface area contributed by atoms with Crippen LogP contribution in [0.2, 0.25) is 5.02 Å². The number of nitrogens with zero attached hydrogens (tertiary/aromatic N) is 3. The second-order valence-corrected chi connectivity index (χ2v) is 4.84. The molecular weight excluding hydrogens is 260 g/mol. The Labute approximate surface area is 118 Å². The summed E-state index contributed by atoms with van der Waals surface area (Å²) in [5, 5.41) is 12.1. The largest absolute Gasteiger partial charge is 0.313 e. The Morgan fingerprint density at radius 3 is 2.84 bits per heavy atom. The van der Waals surface area contributed by atoms with Gasteiger partial charge in [-0.05, 0) is 24.6 Å². The number of halogens is 1. The highest BCUT2D eigenvalue weighted by Crippen LogP contribution is 2.25. The zero-order valence-electron chi connectivity index (χ0n) is 11.4. The minimum atomic E-state index is 0.780. The van der Waals surface area contributed by atoms with Gasteiger partial charge in [-0.15, -0.1) is 5.10 Å². The Balaban J connectivity index is 2.25. The van der Waals surface area contributed by atoms with Gasteiger partial charge in [-0.1, -0.05) is 42.8 Å². The maximum absolute atomic E-state index is 6.32. The van der Waals surface area contributed by atoms with Gasteiger partial charge in [-0.25, -0.2) is 4.68 Å². The van der Waals surface area contributed by atoms with Crippen molar-refractivity contribution < 1.29 is 0 Å². The van der Waals surface area contributed by atoms with Crippen LogP contribution in [0.4, 0.5) is 0 Å². The van der Waals surface area contributed by atoms with E-state index in [4.69, 9.17) is 11.6 Å². The summed E-state index contributed by atoms with van der Waals surface area (Å²) in [6.45, 7) is 6.80. The smallest absolute Gasteiger partial charge is 0.0886 e. The van der Waals surface area contributed by atoms with Crippen molar-refractivity contribution in [3.8, 4) is 11.3 Å². The Bertz CT molecular complexity index is 536. The lowest BCUT2D eigenvalue weighted by Crippen LogP contribution is -2.12. The van der Waals surface area contributed by atoms with Crippen molar-refractivity contribution >= 4 is 11.6 Å². The van der Waals surface area contributed by atoms with E-state index in [1.165, 1.54) is 0 Å². The van der Waals surface area contributed by atoms with Crippen LogP contribution in [0.25, 0.3) is 11.3 Å². The summed E-state index contributed by atoms with van der Waals surface area (Å²) in [4.78, 5) is 0. The van der Waals surface area contributed by atoms with Gasteiger partial charge in [0.1, 0.15) is 0 Å². The van der Waals surface area contributed by atoms with Crippen LogP contribution in [0.15, 0.2) is 24.4 Å². The zero-order valence-corrected chi connectivity index (χ0v) is 12.1. The van der Waals surface area contributed by atoms with Gasteiger partial charge in [0.05, 0.1) is 11.9 Å². The number of nitrogens with one attached hydrogen (secondary N) is 1. The molecule has 4 nitrogen and oxygen atoms in total. The first-order valence-electron chi connectivity index (χ1n) is 6.64. The van der Waals surface area contributed by atoms with Crippen LogP contribution in [0.1, 0.15) is 25.8 Å². The lowest BCUT2D eigenvalue weighted by molar-refractivity contribution is 0.584. The predicted octanol–water partition coefficient (Wildman–Crippen LogP) is 3.12. The quantitative estimate of drug-likeness (QED) is 0.883. The van der Waals surface area contributed by atoms with Crippen molar-refractivity contribution in [1.29, 1.82) is 0 Å². The van der Waals surface area contributed by atoms with E-state index in [2.05, 4.69) is 41.6 Å². The molecule has 1 N–H and O–H groups in total. The molecule has 0 aliphatic heterocycles. The molecule has 0 fully saturated rings. The molecule has 0 atom stereocenters. The van der Waals surface area contributed by atoms with E-state index < -0.39 is 0 Å². The summed E-state index contributed by atoms with van der Waals surface area (Å²) >= 11 is 6.32. The van der Waals surface area contributed by atoms with Crippen molar-refractivity contribution in [2.45, 2.75) is 33.4 Å². The van der Waals surface area contributed by atoms with E-state index in [0.29, 0.717) is 0 Å². The SMILES string of the molecule is CCCn1nncc1-c1ccc(CNCC)c(Cl)c1. The van der Waals surface area contributed by atoms with Crippen molar-refractivity contribution in [3.63, 3.8) is 0 Å². The predicted molar refractivity (Wildman–Crippen MR) is 78.1 cm³/mol. The molecular formula is C14H19ClN4. The van der Waals surface area contributed by atoms with Crippen molar-refractivity contribution in [1.82, 2.24) is 20.3 Å². The Morgan fingerprint density at radius 1 is 1.32 bits per heavy atom. The van der Waals surface area contributed by atoms with Crippen LogP contribution in [0, 0.1) is 0 Å². The molecule has 0 radical (unpaired) electrons. The summed E-state index contributed by atoms with van der Waals surface area (Å²) in [5.41, 5.74) is 3.18. The fraction of sp³-hybridized carbons (Fsp3) is 0.429. The number of aromatic nitrogens is 3. The van der Waals surface area contributed by atoms with E-state index in [1.807, 2.05) is 10.7 Å². The fourth-order valence-electron chi connectivity index (χ4n) is 1.97. The highest BCUT2D eigenvalue weighted by molar-refractivity contribution is 6.31. The number of rotatable bonds is 6. The molecule has 1 aromatic heterocycles. The fourth-order valence-corrected chi connectivity index (χ4v) is 2.22. The third kappa shape index (κ3) is 3.33. The Kier molecular flexibility index (Phi) is 4.93. The van der Waals surface area contributed by atoms with E-state index >= 15 is 0 Å². The van der Waals surface area contributed by atoms with Crippen LogP contribution in [-0.2, 0) is 13.1 Å². The second kappa shape index (κ2) is 6.68. The molecule has 0 aliphatic rings. The Morgan fingerprint density at radius 2 is 2.16 bits per heavy atom. The lowest BCUT2D eigenvalue weighted by Gasteiger charge is -2.09. The summed E-state index contributed by atoms with van der Waals surface area (Å²) in [6, 6.07) is 6.12. The van der Waals surface area contributed by atoms with Crippen molar-refractivity contribution in [2.24, 2.45) is 0 Å². The van der Waals surface area contributed by atoms with Gasteiger partial charge in [0.25, 0.3) is 0 Å². The molecule has 0 bridgehead atoms. The summed E-state index contributed by atoms with van der Waals surface area (Å²) in [6.07, 6.45) is 2.81. The lowest BCUT2D eigenvalue weighted by atomic mass is 10.1. The van der Waals surface area contributed by atoms with E-state index in [0.717, 1.165) is 47.9 Å². The molecule has 0 unspecified atom stereocenters. The average Bonchev–Trinajstić information content (AvgIpc) is 2.86.